The van der Waals surface area contributed by atoms with E-state index in [1.165, 1.54) is 6.07 Å². The predicted octanol–water partition coefficient (Wildman–Crippen LogP) is 3.95. The molecular weight excluding hydrogens is 300 g/mol. The lowest BCUT2D eigenvalue weighted by Gasteiger charge is -2.25. The number of likely N-dealkylation sites (tertiary alicyclic amines) is 1. The molecule has 0 aromatic heterocycles. The van der Waals surface area contributed by atoms with Gasteiger partial charge in [0.15, 0.2) is 11.6 Å². The second-order valence-electron chi connectivity index (χ2n) is 5.56. The Kier molecular flexibility index (Phi) is 4.28. The highest BCUT2D eigenvalue weighted by molar-refractivity contribution is 5.94. The largest absolute Gasteiger partial charge is 0.497 e. The van der Waals surface area contributed by atoms with Gasteiger partial charge in [0.2, 0.25) is 0 Å². The quantitative estimate of drug-likeness (QED) is 0.858. The first kappa shape index (κ1) is 15.5. The van der Waals surface area contributed by atoms with Gasteiger partial charge in [-0.2, -0.15) is 0 Å². The van der Waals surface area contributed by atoms with Gasteiger partial charge in [-0.25, -0.2) is 8.78 Å². The molecule has 0 aliphatic carbocycles. The zero-order valence-corrected chi connectivity index (χ0v) is 12.8. The predicted molar refractivity (Wildman–Crippen MR) is 82.4 cm³/mol. The summed E-state index contributed by atoms with van der Waals surface area (Å²) in [7, 11) is 1.60. The van der Waals surface area contributed by atoms with E-state index in [1.807, 2.05) is 24.3 Å². The maximum absolute atomic E-state index is 13.4. The maximum Gasteiger partial charge on any atom is 0.254 e. The summed E-state index contributed by atoms with van der Waals surface area (Å²) >= 11 is 0. The molecule has 1 heterocycles. The van der Waals surface area contributed by atoms with Crippen molar-refractivity contribution in [3.05, 3.63) is 65.2 Å². The van der Waals surface area contributed by atoms with Gasteiger partial charge in [0.05, 0.1) is 13.2 Å². The van der Waals surface area contributed by atoms with Crippen LogP contribution in [-0.4, -0.2) is 24.5 Å². The van der Waals surface area contributed by atoms with Gasteiger partial charge in [-0.15, -0.1) is 0 Å². The van der Waals surface area contributed by atoms with Crippen LogP contribution in [0.1, 0.15) is 34.8 Å². The van der Waals surface area contributed by atoms with Crippen LogP contribution in [0.2, 0.25) is 0 Å². The van der Waals surface area contributed by atoms with Crippen molar-refractivity contribution in [2.45, 2.75) is 18.9 Å². The van der Waals surface area contributed by atoms with Gasteiger partial charge in [0.25, 0.3) is 5.91 Å². The van der Waals surface area contributed by atoms with E-state index in [9.17, 15) is 13.6 Å². The summed E-state index contributed by atoms with van der Waals surface area (Å²) in [6.07, 6.45) is 1.73. The fraction of sp³-hybridized carbons (Fsp3) is 0.278. The molecule has 1 atom stereocenters. The van der Waals surface area contributed by atoms with E-state index >= 15 is 0 Å². The molecule has 0 bridgehead atoms. The van der Waals surface area contributed by atoms with Crippen LogP contribution in [0, 0.1) is 11.6 Å². The molecule has 3 rings (SSSR count). The van der Waals surface area contributed by atoms with Gasteiger partial charge in [0.1, 0.15) is 5.75 Å². The third-order valence-corrected chi connectivity index (χ3v) is 4.18. The average Bonchev–Trinajstić information content (AvgIpc) is 3.06. The second kappa shape index (κ2) is 6.36. The lowest BCUT2D eigenvalue weighted by Crippen LogP contribution is -2.30. The van der Waals surface area contributed by atoms with Crippen molar-refractivity contribution < 1.29 is 18.3 Å². The summed E-state index contributed by atoms with van der Waals surface area (Å²) in [5.41, 5.74) is 1.18. The monoisotopic (exact) mass is 317 g/mol. The van der Waals surface area contributed by atoms with Gasteiger partial charge in [-0.1, -0.05) is 12.1 Å². The van der Waals surface area contributed by atoms with Crippen molar-refractivity contribution in [2.24, 2.45) is 0 Å². The van der Waals surface area contributed by atoms with Crippen molar-refractivity contribution in [3.63, 3.8) is 0 Å². The number of carbonyl (C=O) groups excluding carboxylic acids is 1. The van der Waals surface area contributed by atoms with Crippen LogP contribution in [0.4, 0.5) is 8.78 Å². The van der Waals surface area contributed by atoms with Crippen molar-refractivity contribution in [2.75, 3.05) is 13.7 Å². The zero-order chi connectivity index (χ0) is 16.4. The van der Waals surface area contributed by atoms with E-state index in [1.54, 1.807) is 12.0 Å². The number of methoxy groups -OCH3 is 1. The minimum Gasteiger partial charge on any atom is -0.497 e. The lowest BCUT2D eigenvalue weighted by atomic mass is 10.0. The summed E-state index contributed by atoms with van der Waals surface area (Å²) in [6.45, 7) is 0.606. The number of amides is 1. The Morgan fingerprint density at radius 2 is 1.87 bits per heavy atom. The van der Waals surface area contributed by atoms with E-state index in [4.69, 9.17) is 4.74 Å². The van der Waals surface area contributed by atoms with Crippen LogP contribution in [0.3, 0.4) is 0 Å². The van der Waals surface area contributed by atoms with Crippen molar-refractivity contribution in [1.29, 1.82) is 0 Å². The molecule has 3 nitrogen and oxygen atoms in total. The van der Waals surface area contributed by atoms with E-state index in [0.717, 1.165) is 36.3 Å². The number of hydrogen-bond acceptors (Lipinski definition) is 2. The molecule has 1 aliphatic rings. The molecule has 1 aliphatic heterocycles. The Balaban J connectivity index is 1.85. The van der Waals surface area contributed by atoms with Crippen LogP contribution in [-0.2, 0) is 0 Å². The molecule has 2 aromatic rings. The van der Waals surface area contributed by atoms with E-state index in [-0.39, 0.29) is 17.5 Å². The first-order valence-corrected chi connectivity index (χ1v) is 7.50. The summed E-state index contributed by atoms with van der Waals surface area (Å²) < 4.78 is 31.6. The topological polar surface area (TPSA) is 29.5 Å². The Morgan fingerprint density at radius 3 is 2.52 bits per heavy atom. The molecule has 0 N–H and O–H groups in total. The molecule has 1 fully saturated rings. The zero-order valence-electron chi connectivity index (χ0n) is 12.8. The first-order valence-electron chi connectivity index (χ1n) is 7.50. The summed E-state index contributed by atoms with van der Waals surface area (Å²) in [5, 5.41) is 0. The molecule has 1 unspecified atom stereocenters. The van der Waals surface area contributed by atoms with Gasteiger partial charge in [-0.3, -0.25) is 4.79 Å². The van der Waals surface area contributed by atoms with E-state index < -0.39 is 11.6 Å². The van der Waals surface area contributed by atoms with Crippen LogP contribution in [0.5, 0.6) is 5.75 Å². The first-order chi connectivity index (χ1) is 11.1. The third kappa shape index (κ3) is 3.04. The molecule has 1 saturated heterocycles. The molecule has 23 heavy (non-hydrogen) atoms. The van der Waals surface area contributed by atoms with Crippen molar-refractivity contribution in [3.8, 4) is 5.75 Å². The minimum atomic E-state index is -1.00. The van der Waals surface area contributed by atoms with Crippen LogP contribution in [0.15, 0.2) is 42.5 Å². The van der Waals surface area contributed by atoms with Gasteiger partial charge in [0, 0.05) is 12.1 Å². The highest BCUT2D eigenvalue weighted by atomic mass is 19.2. The van der Waals surface area contributed by atoms with Crippen LogP contribution in [0.25, 0.3) is 0 Å². The van der Waals surface area contributed by atoms with Crippen molar-refractivity contribution in [1.82, 2.24) is 4.90 Å². The highest BCUT2D eigenvalue weighted by Gasteiger charge is 2.30. The number of carbonyl (C=O) groups is 1. The van der Waals surface area contributed by atoms with Gasteiger partial charge < -0.3 is 9.64 Å². The number of hydrogen-bond donors (Lipinski definition) is 0. The number of nitrogens with zero attached hydrogens (tertiary/aromatic N) is 1. The molecule has 0 saturated carbocycles. The Morgan fingerprint density at radius 1 is 1.13 bits per heavy atom. The Hall–Kier alpha value is -2.43. The summed E-state index contributed by atoms with van der Waals surface area (Å²) in [4.78, 5) is 14.3. The molecule has 120 valence electrons. The summed E-state index contributed by atoms with van der Waals surface area (Å²) in [5.74, 6) is -1.47. The summed E-state index contributed by atoms with van der Waals surface area (Å²) in [6, 6.07) is 10.8. The second-order valence-corrected chi connectivity index (χ2v) is 5.56. The van der Waals surface area contributed by atoms with E-state index in [2.05, 4.69) is 0 Å². The fourth-order valence-electron chi connectivity index (χ4n) is 2.98. The number of halogens is 2. The van der Waals surface area contributed by atoms with Gasteiger partial charge >= 0.3 is 0 Å². The third-order valence-electron chi connectivity index (χ3n) is 4.18. The number of rotatable bonds is 3. The van der Waals surface area contributed by atoms with Crippen LogP contribution < -0.4 is 4.74 Å². The average molecular weight is 317 g/mol. The molecule has 0 spiro atoms. The molecular formula is C18H17F2NO2. The normalized spacial score (nSPS) is 17.3. The molecule has 2 aromatic carbocycles. The molecule has 5 heteroatoms. The maximum atomic E-state index is 13.4. The SMILES string of the molecule is COc1ccc(C2CCCN2C(=O)c2ccc(F)c(F)c2)cc1. The van der Waals surface area contributed by atoms with Crippen LogP contribution >= 0.6 is 0 Å². The standard InChI is InChI=1S/C18H17F2NO2/c1-23-14-7-4-12(5-8-14)17-3-2-10-21(17)18(22)13-6-9-15(19)16(20)11-13/h4-9,11,17H,2-3,10H2,1H3. The fourth-order valence-corrected chi connectivity index (χ4v) is 2.98. The lowest BCUT2D eigenvalue weighted by molar-refractivity contribution is 0.0735. The number of benzene rings is 2. The van der Waals surface area contributed by atoms with E-state index in [0.29, 0.717) is 6.54 Å². The molecule has 1 amide bonds. The molecule has 0 radical (unpaired) electrons. The van der Waals surface area contributed by atoms with Gasteiger partial charge in [-0.05, 0) is 48.7 Å². The minimum absolute atomic E-state index is 0.0541. The Bertz CT molecular complexity index is 715. The Labute approximate surface area is 133 Å². The van der Waals surface area contributed by atoms with Crippen molar-refractivity contribution >= 4 is 5.91 Å². The highest BCUT2D eigenvalue weighted by Crippen LogP contribution is 2.34. The smallest absolute Gasteiger partial charge is 0.254 e. The number of ether oxygens (including phenoxy) is 1.